The van der Waals surface area contributed by atoms with Gasteiger partial charge in [0.15, 0.2) is 5.75 Å². The van der Waals surface area contributed by atoms with Gasteiger partial charge in [0, 0.05) is 22.6 Å². The molecule has 0 spiro atoms. The molecule has 2 atom stereocenters. The predicted octanol–water partition coefficient (Wildman–Crippen LogP) is 6.95. The number of anilines is 1. The number of nitrogens with one attached hydrogen (secondary N) is 1. The number of hydrogen-bond acceptors (Lipinski definition) is 6. The lowest BCUT2D eigenvalue weighted by Crippen LogP contribution is -2.48. The largest absolute Gasteiger partial charge is 0.455 e. The Kier molecular flexibility index (Phi) is 5.26. The van der Waals surface area contributed by atoms with Gasteiger partial charge in [0.25, 0.3) is 5.69 Å². The zero-order chi connectivity index (χ0) is 26.9. The van der Waals surface area contributed by atoms with E-state index in [0.29, 0.717) is 45.4 Å². The van der Waals surface area contributed by atoms with Gasteiger partial charge >= 0.3 is 0 Å². The number of halogens is 1. The molecule has 0 radical (unpaired) electrons. The molecular formula is C29H25ClN4O4. The average Bonchev–Trinajstić information content (AvgIpc) is 3.19. The lowest BCUT2D eigenvalue weighted by atomic mass is 9.63. The first-order chi connectivity index (χ1) is 18.1. The Hall–Kier alpha value is -4.04. The smallest absolute Gasteiger partial charge is 0.271 e. The summed E-state index contributed by atoms with van der Waals surface area (Å²) in [5, 5.41) is 15.0. The normalized spacial score (nSPS) is 22.7. The number of benzene rings is 3. The molecule has 4 aromatic rings. The third-order valence-electron chi connectivity index (χ3n) is 8.78. The number of carbonyl (C=O) groups excluding carboxylic acids is 1. The van der Waals surface area contributed by atoms with Gasteiger partial charge in [-0.3, -0.25) is 14.9 Å². The van der Waals surface area contributed by atoms with E-state index in [1.54, 1.807) is 24.3 Å². The second-order valence-corrected chi connectivity index (χ2v) is 11.2. The van der Waals surface area contributed by atoms with Gasteiger partial charge in [-0.1, -0.05) is 50.6 Å². The van der Waals surface area contributed by atoms with Crippen molar-refractivity contribution in [3.63, 3.8) is 0 Å². The zero-order valence-corrected chi connectivity index (χ0v) is 21.9. The average molecular weight is 529 g/mol. The van der Waals surface area contributed by atoms with Gasteiger partial charge in [-0.15, -0.1) is 0 Å². The predicted molar refractivity (Wildman–Crippen MR) is 145 cm³/mol. The van der Waals surface area contributed by atoms with E-state index < -0.39 is 21.2 Å². The van der Waals surface area contributed by atoms with Gasteiger partial charge in [0.1, 0.15) is 5.75 Å². The van der Waals surface area contributed by atoms with Crippen LogP contribution < -0.4 is 10.1 Å². The molecule has 9 heteroatoms. The van der Waals surface area contributed by atoms with Crippen molar-refractivity contribution >= 4 is 39.9 Å². The molecule has 8 nitrogen and oxygen atoms in total. The molecule has 38 heavy (non-hydrogen) atoms. The Morgan fingerprint density at radius 1 is 0.974 bits per heavy atom. The van der Waals surface area contributed by atoms with E-state index in [-0.39, 0.29) is 11.6 Å². The van der Waals surface area contributed by atoms with Crippen LogP contribution in [0.15, 0.2) is 66.7 Å². The number of amides is 1. The highest BCUT2D eigenvalue weighted by Gasteiger charge is 2.73. The maximum atomic E-state index is 14.4. The van der Waals surface area contributed by atoms with E-state index in [1.807, 2.05) is 30.3 Å². The second kappa shape index (κ2) is 8.23. The first-order valence-electron chi connectivity index (χ1n) is 12.4. The molecular weight excluding hydrogens is 504 g/mol. The molecule has 1 N–H and O–H groups in total. The van der Waals surface area contributed by atoms with Crippen molar-refractivity contribution in [1.29, 1.82) is 0 Å². The Bertz CT molecular complexity index is 1640. The summed E-state index contributed by atoms with van der Waals surface area (Å²) < 4.78 is 6.07. The highest BCUT2D eigenvalue weighted by molar-refractivity contribution is 6.31. The van der Waals surface area contributed by atoms with Crippen LogP contribution in [0.4, 0.5) is 11.4 Å². The quantitative estimate of drug-likeness (QED) is 0.222. The number of hydrogen-bond donors (Lipinski definition) is 1. The minimum absolute atomic E-state index is 0.0690. The van der Waals surface area contributed by atoms with E-state index in [9.17, 15) is 14.9 Å². The van der Waals surface area contributed by atoms with Gasteiger partial charge in [-0.05, 0) is 54.7 Å². The first kappa shape index (κ1) is 24.3. The molecule has 6 rings (SSSR count). The maximum Gasteiger partial charge on any atom is 0.271 e. The first-order valence-corrected chi connectivity index (χ1v) is 12.8. The van der Waals surface area contributed by atoms with Crippen molar-refractivity contribution in [2.75, 3.05) is 5.32 Å². The van der Waals surface area contributed by atoms with E-state index in [1.165, 1.54) is 12.1 Å². The fourth-order valence-corrected chi connectivity index (χ4v) is 6.41. The van der Waals surface area contributed by atoms with Gasteiger partial charge in [-0.2, -0.15) is 0 Å². The van der Waals surface area contributed by atoms with Crippen LogP contribution in [0, 0.1) is 15.5 Å². The van der Waals surface area contributed by atoms with E-state index >= 15 is 0 Å². The lowest BCUT2D eigenvalue weighted by Gasteiger charge is -2.39. The molecule has 0 aliphatic heterocycles. The fraction of sp³-hybridized carbons (Fsp3) is 0.276. The van der Waals surface area contributed by atoms with Gasteiger partial charge in [-0.25, -0.2) is 9.97 Å². The van der Waals surface area contributed by atoms with Crippen molar-refractivity contribution in [2.45, 2.75) is 44.4 Å². The summed E-state index contributed by atoms with van der Waals surface area (Å²) in [7, 11) is 0. The Morgan fingerprint density at radius 2 is 1.71 bits per heavy atom. The van der Waals surface area contributed by atoms with Crippen LogP contribution in [0.25, 0.3) is 11.0 Å². The molecule has 3 aromatic carbocycles. The summed E-state index contributed by atoms with van der Waals surface area (Å²) in [6.45, 7) is 6.29. The van der Waals surface area contributed by atoms with Crippen molar-refractivity contribution < 1.29 is 14.5 Å². The molecule has 2 bridgehead atoms. The Labute approximate surface area is 224 Å². The number of nitro groups is 1. The molecule has 1 aromatic heterocycles. The molecule has 1 amide bonds. The molecule has 192 valence electrons. The number of nitrogens with zero attached hydrogens (tertiary/aromatic N) is 3. The van der Waals surface area contributed by atoms with Crippen LogP contribution in [-0.2, 0) is 15.6 Å². The summed E-state index contributed by atoms with van der Waals surface area (Å²) in [5.41, 5.74) is 0.760. The third kappa shape index (κ3) is 3.26. The molecule has 1 saturated carbocycles. The van der Waals surface area contributed by atoms with Crippen LogP contribution in [0.3, 0.4) is 0 Å². The van der Waals surface area contributed by atoms with Crippen molar-refractivity contribution in [3.05, 3.63) is 93.3 Å². The van der Waals surface area contributed by atoms with Crippen molar-refractivity contribution in [1.82, 2.24) is 9.97 Å². The number of ether oxygens (including phenoxy) is 1. The molecule has 1 fully saturated rings. The summed E-state index contributed by atoms with van der Waals surface area (Å²) in [6, 6.07) is 18.9. The number of aromatic nitrogens is 2. The van der Waals surface area contributed by atoms with E-state index in [4.69, 9.17) is 26.3 Å². The number of rotatable bonds is 5. The van der Waals surface area contributed by atoms with Crippen LogP contribution in [-0.4, -0.2) is 20.8 Å². The maximum absolute atomic E-state index is 14.4. The zero-order valence-electron chi connectivity index (χ0n) is 21.1. The molecule has 2 unspecified atom stereocenters. The number of non-ortho nitro benzene ring substituents is 1. The molecule has 2 aliphatic rings. The van der Waals surface area contributed by atoms with E-state index in [0.717, 1.165) is 12.1 Å². The van der Waals surface area contributed by atoms with Crippen LogP contribution in [0.2, 0.25) is 5.02 Å². The van der Waals surface area contributed by atoms with Crippen LogP contribution >= 0.6 is 11.6 Å². The number of carbonyl (C=O) groups is 1. The molecule has 2 aliphatic carbocycles. The summed E-state index contributed by atoms with van der Waals surface area (Å²) in [6.07, 6.45) is 1.33. The number of para-hydroxylation sites is 1. The molecule has 1 heterocycles. The third-order valence-corrected chi connectivity index (χ3v) is 9.02. The second-order valence-electron chi connectivity index (χ2n) is 10.7. The summed E-state index contributed by atoms with van der Waals surface area (Å²) >= 11 is 6.32. The van der Waals surface area contributed by atoms with Gasteiger partial charge < -0.3 is 10.1 Å². The van der Waals surface area contributed by atoms with Crippen molar-refractivity contribution in [3.8, 4) is 11.5 Å². The van der Waals surface area contributed by atoms with Gasteiger partial charge in [0.2, 0.25) is 5.91 Å². The number of fused-ring (bicyclic) bond motifs is 6. The topological polar surface area (TPSA) is 107 Å². The van der Waals surface area contributed by atoms with Crippen molar-refractivity contribution in [2.24, 2.45) is 5.41 Å². The minimum atomic E-state index is -1.00. The van der Waals surface area contributed by atoms with Crippen LogP contribution in [0.5, 0.6) is 11.5 Å². The SMILES string of the molecule is CC12CCC(C(=O)Nc3cc(Cl)ccc3Oc3ccccc3)(c3nc4cc([N+](=O)[O-])ccc4nc31)C2(C)C. The van der Waals surface area contributed by atoms with Crippen LogP contribution in [0.1, 0.15) is 45.0 Å². The van der Waals surface area contributed by atoms with E-state index in [2.05, 4.69) is 26.1 Å². The minimum Gasteiger partial charge on any atom is -0.455 e. The molecule has 0 saturated heterocycles. The number of nitro benzene ring substituents is 1. The summed E-state index contributed by atoms with van der Waals surface area (Å²) in [4.78, 5) is 35.1. The highest BCUT2D eigenvalue weighted by atomic mass is 35.5. The Balaban J connectivity index is 1.46. The lowest BCUT2D eigenvalue weighted by molar-refractivity contribution is -0.384. The summed E-state index contributed by atoms with van der Waals surface area (Å²) in [5.74, 6) is 0.856. The van der Waals surface area contributed by atoms with Gasteiger partial charge in [0.05, 0.1) is 38.4 Å². The highest BCUT2D eigenvalue weighted by Crippen LogP contribution is 2.70. The fourth-order valence-electron chi connectivity index (χ4n) is 6.24. The monoisotopic (exact) mass is 528 g/mol. The standard InChI is InChI=1S/C29H25ClN4O4/c1-27(2)28(3)13-14-29(27,25-24(28)31-20-11-10-18(34(36)37)16-21(20)32-25)26(35)33-22-15-17(30)9-12-23(22)38-19-7-5-4-6-8-19/h4-12,15-16H,13-14H2,1-3H3,(H,33,35). The Morgan fingerprint density at radius 3 is 2.45 bits per heavy atom.